The minimum absolute atomic E-state index is 0.280. The Kier molecular flexibility index (Phi) is 4.09. The minimum Gasteiger partial charge on any atom is -0.337 e. The van der Waals surface area contributed by atoms with E-state index in [0.717, 1.165) is 33.7 Å². The second kappa shape index (κ2) is 6.58. The highest BCUT2D eigenvalue weighted by molar-refractivity contribution is 5.90. The number of nitrogens with zero attached hydrogens (tertiary/aromatic N) is 3. The molecule has 132 valence electrons. The van der Waals surface area contributed by atoms with Crippen molar-refractivity contribution in [2.75, 3.05) is 0 Å². The summed E-state index contributed by atoms with van der Waals surface area (Å²) in [6.07, 6.45) is 1.82. The van der Waals surface area contributed by atoms with Gasteiger partial charge in [-0.3, -0.25) is 0 Å². The summed E-state index contributed by atoms with van der Waals surface area (Å²) in [7, 11) is 0. The molecule has 27 heavy (non-hydrogen) atoms. The molecule has 0 radical (unpaired) electrons. The summed E-state index contributed by atoms with van der Waals surface area (Å²) in [5, 5.41) is 9.65. The molecule has 4 aromatic rings. The summed E-state index contributed by atoms with van der Waals surface area (Å²) < 4.78 is 15.6. The van der Waals surface area contributed by atoms with Crippen molar-refractivity contribution in [3.8, 4) is 11.8 Å². The number of rotatable bonds is 3. The number of aromatic nitrogens is 3. The van der Waals surface area contributed by atoms with Gasteiger partial charge in [0.1, 0.15) is 17.7 Å². The highest BCUT2D eigenvalue weighted by atomic mass is 19.1. The molecule has 4 nitrogen and oxygen atoms in total. The first-order chi connectivity index (χ1) is 13.1. The lowest BCUT2D eigenvalue weighted by atomic mass is 10.1. The smallest absolute Gasteiger partial charge is 0.149 e. The van der Waals surface area contributed by atoms with Gasteiger partial charge in [-0.15, -0.1) is 0 Å². The largest absolute Gasteiger partial charge is 0.337 e. The van der Waals surface area contributed by atoms with Crippen LogP contribution in [0.15, 0.2) is 54.6 Å². The van der Waals surface area contributed by atoms with Gasteiger partial charge in [0.15, 0.2) is 0 Å². The number of hydrogen-bond donors (Lipinski definition) is 1. The zero-order valence-corrected chi connectivity index (χ0v) is 15.0. The van der Waals surface area contributed by atoms with Crippen LogP contribution in [-0.2, 0) is 0 Å². The fourth-order valence-corrected chi connectivity index (χ4v) is 3.34. The van der Waals surface area contributed by atoms with Crippen LogP contribution < -0.4 is 0 Å². The van der Waals surface area contributed by atoms with Crippen LogP contribution in [0.25, 0.3) is 28.4 Å². The van der Waals surface area contributed by atoms with Gasteiger partial charge in [-0.05, 0) is 61.9 Å². The Bertz CT molecular complexity index is 1190. The average molecular weight is 356 g/mol. The van der Waals surface area contributed by atoms with Crippen LogP contribution in [0, 0.1) is 31.0 Å². The van der Waals surface area contributed by atoms with Crippen molar-refractivity contribution in [2.45, 2.75) is 13.8 Å². The van der Waals surface area contributed by atoms with Gasteiger partial charge in [0, 0.05) is 17.1 Å². The monoisotopic (exact) mass is 356 g/mol. The molecule has 0 amide bonds. The quantitative estimate of drug-likeness (QED) is 0.515. The first-order valence-corrected chi connectivity index (χ1v) is 8.58. The van der Waals surface area contributed by atoms with E-state index in [-0.39, 0.29) is 5.82 Å². The van der Waals surface area contributed by atoms with Crippen LogP contribution in [0.5, 0.6) is 0 Å². The number of hydrogen-bond acceptors (Lipinski definition) is 2. The van der Waals surface area contributed by atoms with Crippen LogP contribution in [0.3, 0.4) is 0 Å². The number of aryl methyl sites for hydroxylation is 1. The molecule has 0 saturated heterocycles. The number of benzene rings is 2. The SMILES string of the molecule is Cc1cc(/C=C(\C#N)c2nc3ccccc3[nH]2)c(C)n1-c1cccc(F)c1. The Morgan fingerprint density at radius 1 is 1.15 bits per heavy atom. The van der Waals surface area contributed by atoms with Crippen molar-refractivity contribution in [2.24, 2.45) is 0 Å². The standard InChI is InChI=1S/C22H17FN4/c1-14-10-16(15(2)27(14)19-7-5-6-18(23)12-19)11-17(13-24)22-25-20-8-3-4-9-21(20)26-22/h3-12H,1-2H3,(H,25,26)/b17-11+. The Labute approximate surface area is 156 Å². The zero-order valence-electron chi connectivity index (χ0n) is 15.0. The summed E-state index contributed by atoms with van der Waals surface area (Å²) in [4.78, 5) is 7.69. The molecule has 0 aliphatic carbocycles. The molecule has 0 saturated carbocycles. The van der Waals surface area contributed by atoms with Gasteiger partial charge >= 0.3 is 0 Å². The number of allylic oxidation sites excluding steroid dienone is 1. The maximum absolute atomic E-state index is 13.6. The number of fused-ring (bicyclic) bond motifs is 1. The molecule has 1 N–H and O–H groups in total. The average Bonchev–Trinajstić information content (AvgIpc) is 3.20. The minimum atomic E-state index is -0.280. The molecular weight excluding hydrogens is 339 g/mol. The van der Waals surface area contributed by atoms with E-state index >= 15 is 0 Å². The molecular formula is C22H17FN4. The van der Waals surface area contributed by atoms with Crippen molar-refractivity contribution in [3.63, 3.8) is 0 Å². The molecule has 2 aromatic carbocycles. The van der Waals surface area contributed by atoms with E-state index in [2.05, 4.69) is 16.0 Å². The molecule has 0 spiro atoms. The van der Waals surface area contributed by atoms with Crippen LogP contribution in [-0.4, -0.2) is 14.5 Å². The maximum atomic E-state index is 13.6. The fourth-order valence-electron chi connectivity index (χ4n) is 3.34. The van der Waals surface area contributed by atoms with E-state index in [1.54, 1.807) is 6.07 Å². The van der Waals surface area contributed by atoms with Gasteiger partial charge < -0.3 is 9.55 Å². The molecule has 2 heterocycles. The van der Waals surface area contributed by atoms with Gasteiger partial charge in [-0.1, -0.05) is 18.2 Å². The first-order valence-electron chi connectivity index (χ1n) is 8.58. The second-order valence-electron chi connectivity index (χ2n) is 6.41. The number of para-hydroxylation sites is 2. The van der Waals surface area contributed by atoms with Crippen molar-refractivity contribution < 1.29 is 4.39 Å². The number of aromatic amines is 1. The van der Waals surface area contributed by atoms with E-state index in [0.29, 0.717) is 11.4 Å². The van der Waals surface area contributed by atoms with Gasteiger partial charge in [-0.25, -0.2) is 9.37 Å². The molecule has 0 bridgehead atoms. The lowest BCUT2D eigenvalue weighted by Gasteiger charge is -2.09. The first kappa shape index (κ1) is 16.8. The lowest BCUT2D eigenvalue weighted by molar-refractivity contribution is 0.626. The zero-order chi connectivity index (χ0) is 19.0. The topological polar surface area (TPSA) is 57.4 Å². The molecule has 0 aliphatic rings. The predicted octanol–water partition coefficient (Wildman–Crippen LogP) is 5.17. The van der Waals surface area contributed by atoms with Crippen molar-refractivity contribution in [1.29, 1.82) is 5.26 Å². The third kappa shape index (κ3) is 3.02. The number of H-pyrrole nitrogens is 1. The summed E-state index contributed by atoms with van der Waals surface area (Å²) in [6, 6.07) is 18.4. The summed E-state index contributed by atoms with van der Waals surface area (Å²) in [6.45, 7) is 3.92. The summed E-state index contributed by atoms with van der Waals surface area (Å²) in [5.41, 5.74) is 5.71. The Morgan fingerprint density at radius 3 is 2.70 bits per heavy atom. The molecule has 2 aromatic heterocycles. The van der Waals surface area contributed by atoms with Crippen molar-refractivity contribution in [3.05, 3.63) is 83.2 Å². The second-order valence-corrected chi connectivity index (χ2v) is 6.41. The molecule has 0 fully saturated rings. The molecule has 0 unspecified atom stereocenters. The van der Waals surface area contributed by atoms with Gasteiger partial charge in [0.2, 0.25) is 0 Å². The lowest BCUT2D eigenvalue weighted by Crippen LogP contribution is -1.99. The molecule has 0 aliphatic heterocycles. The van der Waals surface area contributed by atoms with Gasteiger partial charge in [-0.2, -0.15) is 5.26 Å². The molecule has 5 heteroatoms. The number of imidazole rings is 1. The maximum Gasteiger partial charge on any atom is 0.149 e. The molecule has 0 atom stereocenters. The van der Waals surface area contributed by atoms with E-state index in [1.165, 1.54) is 12.1 Å². The number of nitrogens with one attached hydrogen (secondary N) is 1. The third-order valence-corrected chi connectivity index (χ3v) is 4.60. The predicted molar refractivity (Wildman–Crippen MR) is 105 cm³/mol. The van der Waals surface area contributed by atoms with Gasteiger partial charge in [0.25, 0.3) is 0 Å². The number of nitriles is 1. The van der Waals surface area contributed by atoms with E-state index in [4.69, 9.17) is 0 Å². The van der Waals surface area contributed by atoms with E-state index < -0.39 is 0 Å². The van der Waals surface area contributed by atoms with Crippen LogP contribution in [0.1, 0.15) is 22.8 Å². The Balaban J connectivity index is 1.81. The van der Waals surface area contributed by atoms with Crippen molar-refractivity contribution in [1.82, 2.24) is 14.5 Å². The molecule has 4 rings (SSSR count). The van der Waals surface area contributed by atoms with Crippen LogP contribution in [0.4, 0.5) is 4.39 Å². The van der Waals surface area contributed by atoms with E-state index in [9.17, 15) is 9.65 Å². The third-order valence-electron chi connectivity index (χ3n) is 4.60. The van der Waals surface area contributed by atoms with Crippen LogP contribution >= 0.6 is 0 Å². The Morgan fingerprint density at radius 2 is 1.96 bits per heavy atom. The van der Waals surface area contributed by atoms with Crippen LogP contribution in [0.2, 0.25) is 0 Å². The summed E-state index contributed by atoms with van der Waals surface area (Å²) in [5.74, 6) is 0.256. The Hall–Kier alpha value is -3.65. The van der Waals surface area contributed by atoms with E-state index in [1.807, 2.05) is 60.9 Å². The fraction of sp³-hybridized carbons (Fsp3) is 0.0909. The normalized spacial score (nSPS) is 11.7. The number of halogens is 1. The van der Waals surface area contributed by atoms with Gasteiger partial charge in [0.05, 0.1) is 16.6 Å². The highest BCUT2D eigenvalue weighted by Crippen LogP contribution is 2.25. The highest BCUT2D eigenvalue weighted by Gasteiger charge is 2.13. The van der Waals surface area contributed by atoms with Crippen molar-refractivity contribution >= 4 is 22.7 Å². The summed E-state index contributed by atoms with van der Waals surface area (Å²) >= 11 is 0.